The number of nitrogens with zero attached hydrogens (tertiary/aromatic N) is 2. The third-order valence-corrected chi connectivity index (χ3v) is 5.38. The number of hydrogen-bond acceptors (Lipinski definition) is 6. The maximum Gasteiger partial charge on any atom is 0.261 e. The number of nitrogens with one attached hydrogen (secondary N) is 2. The summed E-state index contributed by atoms with van der Waals surface area (Å²) in [6.07, 6.45) is 1.41. The van der Waals surface area contributed by atoms with Crippen LogP contribution in [0.2, 0.25) is 0 Å². The highest BCUT2D eigenvalue weighted by Gasteiger charge is 2.16. The molecular formula is C20H18N4O3S. The number of aromatic nitrogens is 1. The number of ether oxygens (including phenoxy) is 1. The quantitative estimate of drug-likeness (QED) is 0.659. The number of benzene rings is 2. The predicted molar refractivity (Wildman–Crippen MR) is 107 cm³/mol. The summed E-state index contributed by atoms with van der Waals surface area (Å²) in [7, 11) is -2.22. The topological polar surface area (TPSA) is 104 Å². The first-order chi connectivity index (χ1) is 13.4. The number of hydrogen-bond donors (Lipinski definition) is 2. The monoisotopic (exact) mass is 394 g/mol. The smallest absolute Gasteiger partial charge is 0.261 e. The van der Waals surface area contributed by atoms with Crippen LogP contribution in [0.25, 0.3) is 0 Å². The van der Waals surface area contributed by atoms with Crippen molar-refractivity contribution in [2.75, 3.05) is 17.1 Å². The van der Waals surface area contributed by atoms with Gasteiger partial charge in [0, 0.05) is 0 Å². The van der Waals surface area contributed by atoms with Gasteiger partial charge in [0.2, 0.25) is 0 Å². The molecule has 8 heteroatoms. The van der Waals surface area contributed by atoms with Gasteiger partial charge in [0.25, 0.3) is 10.0 Å². The molecule has 3 rings (SSSR count). The van der Waals surface area contributed by atoms with E-state index in [1.54, 1.807) is 49.4 Å². The molecule has 1 aromatic heterocycles. The van der Waals surface area contributed by atoms with E-state index in [0.717, 1.165) is 5.56 Å². The number of nitriles is 1. The highest BCUT2D eigenvalue weighted by Crippen LogP contribution is 2.24. The number of anilines is 3. The Kier molecular flexibility index (Phi) is 5.47. The summed E-state index contributed by atoms with van der Waals surface area (Å²) >= 11 is 0. The Morgan fingerprint density at radius 2 is 1.89 bits per heavy atom. The summed E-state index contributed by atoms with van der Waals surface area (Å²) in [6, 6.07) is 17.0. The molecule has 0 radical (unpaired) electrons. The van der Waals surface area contributed by atoms with Crippen LogP contribution in [-0.2, 0) is 10.0 Å². The van der Waals surface area contributed by atoms with Crippen molar-refractivity contribution in [2.45, 2.75) is 11.8 Å². The molecule has 0 unspecified atom stereocenters. The highest BCUT2D eigenvalue weighted by atomic mass is 32.2. The van der Waals surface area contributed by atoms with Gasteiger partial charge in [-0.05, 0) is 55.0 Å². The van der Waals surface area contributed by atoms with Gasteiger partial charge in [-0.25, -0.2) is 13.4 Å². The Labute approximate surface area is 163 Å². The molecule has 0 saturated heterocycles. The van der Waals surface area contributed by atoms with Gasteiger partial charge in [-0.1, -0.05) is 12.1 Å². The molecule has 0 amide bonds. The Morgan fingerprint density at radius 1 is 1.11 bits per heavy atom. The van der Waals surface area contributed by atoms with Crippen molar-refractivity contribution in [3.8, 4) is 11.8 Å². The lowest BCUT2D eigenvalue weighted by molar-refractivity contribution is 0.411. The van der Waals surface area contributed by atoms with Gasteiger partial charge in [0.1, 0.15) is 17.6 Å². The van der Waals surface area contributed by atoms with E-state index in [0.29, 0.717) is 28.5 Å². The van der Waals surface area contributed by atoms with Crippen LogP contribution in [0.15, 0.2) is 65.7 Å². The fraction of sp³-hybridized carbons (Fsp3) is 0.100. The zero-order valence-corrected chi connectivity index (χ0v) is 16.1. The van der Waals surface area contributed by atoms with Crippen LogP contribution in [0.1, 0.15) is 11.1 Å². The maximum atomic E-state index is 12.6. The largest absolute Gasteiger partial charge is 0.496 e. The van der Waals surface area contributed by atoms with Crippen molar-refractivity contribution in [1.29, 1.82) is 5.26 Å². The molecule has 0 atom stereocenters. The van der Waals surface area contributed by atoms with Gasteiger partial charge >= 0.3 is 0 Å². The van der Waals surface area contributed by atoms with Crippen molar-refractivity contribution < 1.29 is 13.2 Å². The van der Waals surface area contributed by atoms with Crippen LogP contribution in [0.5, 0.6) is 5.75 Å². The second kappa shape index (κ2) is 7.98. The van der Waals surface area contributed by atoms with Crippen LogP contribution in [0.4, 0.5) is 17.2 Å². The standard InChI is InChI=1S/C20H18N4O3S/c1-14-11-17(8-9-19(14)27-2)28(25,26)24-16-7-10-20(22-13-16)23-18-6-4-3-5-15(18)12-21/h3-11,13,24H,1-2H3,(H,22,23). The zero-order valence-electron chi connectivity index (χ0n) is 15.3. The fourth-order valence-corrected chi connectivity index (χ4v) is 3.72. The van der Waals surface area contributed by atoms with Crippen molar-refractivity contribution in [2.24, 2.45) is 0 Å². The van der Waals surface area contributed by atoms with Crippen LogP contribution in [-0.4, -0.2) is 20.5 Å². The van der Waals surface area contributed by atoms with E-state index < -0.39 is 10.0 Å². The van der Waals surface area contributed by atoms with Crippen LogP contribution in [0, 0.1) is 18.3 Å². The van der Waals surface area contributed by atoms with Gasteiger partial charge in [-0.2, -0.15) is 5.26 Å². The van der Waals surface area contributed by atoms with E-state index >= 15 is 0 Å². The van der Waals surface area contributed by atoms with Gasteiger partial charge in [-0.3, -0.25) is 4.72 Å². The Balaban J connectivity index is 1.76. The predicted octanol–water partition coefficient (Wildman–Crippen LogP) is 3.81. The average molecular weight is 394 g/mol. The summed E-state index contributed by atoms with van der Waals surface area (Å²) < 4.78 is 32.8. The summed E-state index contributed by atoms with van der Waals surface area (Å²) in [4.78, 5) is 4.34. The Hall–Kier alpha value is -3.57. The van der Waals surface area contributed by atoms with E-state index in [1.807, 2.05) is 6.07 Å². The van der Waals surface area contributed by atoms with Gasteiger partial charge in [0.05, 0.1) is 35.1 Å². The molecule has 2 N–H and O–H groups in total. The molecule has 142 valence electrons. The lowest BCUT2D eigenvalue weighted by Gasteiger charge is -2.11. The van der Waals surface area contributed by atoms with Crippen molar-refractivity contribution >= 4 is 27.2 Å². The average Bonchev–Trinajstić information content (AvgIpc) is 2.69. The molecule has 0 aliphatic heterocycles. The van der Waals surface area contributed by atoms with Crippen molar-refractivity contribution in [3.63, 3.8) is 0 Å². The van der Waals surface area contributed by atoms with Crippen LogP contribution < -0.4 is 14.8 Å². The van der Waals surface area contributed by atoms with E-state index in [9.17, 15) is 8.42 Å². The first-order valence-corrected chi connectivity index (χ1v) is 9.81. The number of methoxy groups -OCH3 is 1. The molecular weight excluding hydrogens is 376 g/mol. The normalized spacial score (nSPS) is 10.8. The second-order valence-corrected chi connectivity index (χ2v) is 7.63. The highest BCUT2D eigenvalue weighted by molar-refractivity contribution is 7.92. The lowest BCUT2D eigenvalue weighted by Crippen LogP contribution is -2.13. The van der Waals surface area contributed by atoms with Gasteiger partial charge in [0.15, 0.2) is 0 Å². The molecule has 0 fully saturated rings. The first-order valence-electron chi connectivity index (χ1n) is 8.32. The molecule has 0 aliphatic rings. The first kappa shape index (κ1) is 19.2. The summed E-state index contributed by atoms with van der Waals surface area (Å²) in [5, 5.41) is 12.2. The third-order valence-electron chi connectivity index (χ3n) is 4.00. The van der Waals surface area contributed by atoms with Gasteiger partial charge < -0.3 is 10.1 Å². The zero-order chi connectivity index (χ0) is 20.1. The van der Waals surface area contributed by atoms with Crippen LogP contribution >= 0.6 is 0 Å². The number of pyridine rings is 1. The summed E-state index contributed by atoms with van der Waals surface area (Å²) in [5.41, 5.74) is 2.16. The molecule has 1 heterocycles. The number of rotatable bonds is 6. The van der Waals surface area contributed by atoms with Crippen LogP contribution in [0.3, 0.4) is 0 Å². The number of sulfonamides is 1. The molecule has 3 aromatic rings. The van der Waals surface area contributed by atoms with Gasteiger partial charge in [-0.15, -0.1) is 0 Å². The minimum atomic E-state index is -3.75. The molecule has 0 spiro atoms. The molecule has 0 aliphatic carbocycles. The fourth-order valence-electron chi connectivity index (χ4n) is 2.59. The van der Waals surface area contributed by atoms with Crippen molar-refractivity contribution in [1.82, 2.24) is 4.98 Å². The molecule has 0 saturated carbocycles. The Morgan fingerprint density at radius 3 is 2.54 bits per heavy atom. The minimum Gasteiger partial charge on any atom is -0.496 e. The third kappa shape index (κ3) is 4.22. The number of para-hydroxylation sites is 1. The summed E-state index contributed by atoms with van der Waals surface area (Å²) in [6.45, 7) is 1.78. The van der Waals surface area contributed by atoms with E-state index in [1.165, 1.54) is 19.4 Å². The SMILES string of the molecule is COc1ccc(S(=O)(=O)Nc2ccc(Nc3ccccc3C#N)nc2)cc1C. The number of aryl methyl sites for hydroxylation is 1. The van der Waals surface area contributed by atoms with Crippen molar-refractivity contribution in [3.05, 3.63) is 71.9 Å². The molecule has 0 bridgehead atoms. The van der Waals surface area contributed by atoms with E-state index in [2.05, 4.69) is 21.1 Å². The van der Waals surface area contributed by atoms with E-state index in [4.69, 9.17) is 10.00 Å². The summed E-state index contributed by atoms with van der Waals surface area (Å²) in [5.74, 6) is 1.11. The minimum absolute atomic E-state index is 0.135. The maximum absolute atomic E-state index is 12.6. The molecule has 2 aromatic carbocycles. The Bertz CT molecular complexity index is 1140. The van der Waals surface area contributed by atoms with E-state index in [-0.39, 0.29) is 4.90 Å². The molecule has 28 heavy (non-hydrogen) atoms. The second-order valence-electron chi connectivity index (χ2n) is 5.95. The molecule has 7 nitrogen and oxygen atoms in total. The lowest BCUT2D eigenvalue weighted by atomic mass is 10.2.